The van der Waals surface area contributed by atoms with Gasteiger partial charge in [-0.3, -0.25) is 14.8 Å². The Morgan fingerprint density at radius 3 is 2.33 bits per heavy atom. The molecular weight excluding hydrogens is 456 g/mol. The van der Waals surface area contributed by atoms with Crippen LogP contribution >= 0.6 is 0 Å². The number of carbonyl (C=O) groups excluding carboxylic acids is 1. The number of aromatic nitrogens is 2. The maximum Gasteiger partial charge on any atom is 0.408 e. The van der Waals surface area contributed by atoms with Crippen LogP contribution in [0.4, 0.5) is 10.6 Å². The summed E-state index contributed by atoms with van der Waals surface area (Å²) in [5.41, 5.74) is 2.26. The Bertz CT molecular complexity index is 1130. The van der Waals surface area contributed by atoms with Gasteiger partial charge in [0.05, 0.1) is 18.3 Å². The third kappa shape index (κ3) is 6.51. The Labute approximate surface area is 212 Å². The number of carboxylic acid groups (broad SMARTS) is 1. The molecule has 4 N–H and O–H groups in total. The van der Waals surface area contributed by atoms with Gasteiger partial charge in [-0.05, 0) is 34.6 Å². The normalized spacial score (nSPS) is 14.0. The lowest BCUT2D eigenvalue weighted by Crippen LogP contribution is -2.54. The molecule has 0 bridgehead atoms. The van der Waals surface area contributed by atoms with Crippen LogP contribution in [0.25, 0.3) is 11.1 Å². The molecule has 36 heavy (non-hydrogen) atoms. The number of hydrogen-bond acceptors (Lipinski definition) is 4. The van der Waals surface area contributed by atoms with Gasteiger partial charge in [0, 0.05) is 6.07 Å². The Morgan fingerprint density at radius 2 is 1.75 bits per heavy atom. The fourth-order valence-electron chi connectivity index (χ4n) is 4.61. The summed E-state index contributed by atoms with van der Waals surface area (Å²) in [5, 5.41) is 30.7. The number of aliphatic hydroxyl groups is 1. The molecular formula is C28H36N4O4. The van der Waals surface area contributed by atoms with Crippen molar-refractivity contribution in [3.05, 3.63) is 72.4 Å². The molecule has 1 aromatic heterocycles. The smallest absolute Gasteiger partial charge is 0.408 e. The zero-order valence-electron chi connectivity index (χ0n) is 21.3. The minimum atomic E-state index is -1.57. The maximum absolute atomic E-state index is 13.0. The van der Waals surface area contributed by atoms with Gasteiger partial charge in [-0.1, -0.05) is 89.1 Å². The van der Waals surface area contributed by atoms with Crippen LogP contribution in [0.2, 0.25) is 0 Å². The number of carbonyl (C=O) groups is 2. The van der Waals surface area contributed by atoms with Gasteiger partial charge in [0.25, 0.3) is 5.91 Å². The van der Waals surface area contributed by atoms with E-state index in [1.54, 1.807) is 6.07 Å². The van der Waals surface area contributed by atoms with E-state index in [0.717, 1.165) is 23.1 Å². The van der Waals surface area contributed by atoms with E-state index >= 15 is 0 Å². The number of nitrogens with zero attached hydrogens (tertiary/aromatic N) is 2. The molecule has 0 saturated carbocycles. The van der Waals surface area contributed by atoms with Gasteiger partial charge in [0.15, 0.2) is 6.10 Å². The van der Waals surface area contributed by atoms with Crippen LogP contribution in [0.15, 0.2) is 66.9 Å². The molecule has 3 aromatic rings. The number of aliphatic hydroxyl groups excluding tert-OH is 1. The molecule has 8 nitrogen and oxygen atoms in total. The molecule has 0 aliphatic rings. The Balaban J connectivity index is 2.05. The van der Waals surface area contributed by atoms with Gasteiger partial charge >= 0.3 is 6.09 Å². The number of anilines is 1. The minimum absolute atomic E-state index is 0.332. The molecule has 2 amide bonds. The molecule has 0 saturated heterocycles. The first kappa shape index (κ1) is 26.9. The molecule has 0 aliphatic carbocycles. The molecule has 3 rings (SSSR count). The van der Waals surface area contributed by atoms with E-state index in [1.807, 2.05) is 82.3 Å². The van der Waals surface area contributed by atoms with E-state index in [0.29, 0.717) is 18.7 Å². The summed E-state index contributed by atoms with van der Waals surface area (Å²) in [4.78, 5) is 27.1. The highest BCUT2D eigenvalue weighted by Gasteiger charge is 2.43. The number of H-pyrrole nitrogens is 1. The fraction of sp³-hybridized carbons (Fsp3) is 0.393. The molecule has 0 spiro atoms. The average molecular weight is 493 g/mol. The standard InChI is InChI=1S/C28H36N4O4/c1-5-6-15-22(24(33)26(34)30-23-16-17-29-31-23)32(27(35)36)25(28(2,3)4)21-14-10-13-20(18-21)19-11-8-7-9-12-19/h7-14,16-18,22,24-25,33H,5-6,15H2,1-4H3,(H,35,36)(H2,29,30,31,34)/t22-,24+,25?/m0/s1. The van der Waals surface area contributed by atoms with Gasteiger partial charge in [-0.15, -0.1) is 0 Å². The van der Waals surface area contributed by atoms with E-state index in [2.05, 4.69) is 15.5 Å². The second-order valence-corrected chi connectivity index (χ2v) is 10.1. The number of unbranched alkanes of at least 4 members (excludes halogenated alkanes) is 1. The molecule has 0 aliphatic heterocycles. The van der Waals surface area contributed by atoms with E-state index < -0.39 is 35.6 Å². The number of amides is 2. The third-order valence-corrected chi connectivity index (χ3v) is 6.23. The Morgan fingerprint density at radius 1 is 1.06 bits per heavy atom. The van der Waals surface area contributed by atoms with Crippen molar-refractivity contribution in [2.45, 2.75) is 65.1 Å². The number of benzene rings is 2. The largest absolute Gasteiger partial charge is 0.465 e. The van der Waals surface area contributed by atoms with Crippen LogP contribution in [0.5, 0.6) is 0 Å². The fourth-order valence-corrected chi connectivity index (χ4v) is 4.61. The number of nitrogens with one attached hydrogen (secondary N) is 2. The Kier molecular flexibility index (Phi) is 8.88. The predicted octanol–water partition coefficient (Wildman–Crippen LogP) is 5.70. The lowest BCUT2D eigenvalue weighted by molar-refractivity contribution is -0.128. The van der Waals surface area contributed by atoms with Crippen molar-refractivity contribution in [2.75, 3.05) is 5.32 Å². The summed E-state index contributed by atoms with van der Waals surface area (Å²) in [7, 11) is 0. The van der Waals surface area contributed by atoms with E-state index in [1.165, 1.54) is 11.1 Å². The average Bonchev–Trinajstić information content (AvgIpc) is 3.36. The van der Waals surface area contributed by atoms with Crippen LogP contribution in [0.1, 0.15) is 58.6 Å². The first-order valence-corrected chi connectivity index (χ1v) is 12.3. The predicted molar refractivity (Wildman–Crippen MR) is 140 cm³/mol. The highest BCUT2D eigenvalue weighted by atomic mass is 16.4. The molecule has 0 radical (unpaired) electrons. The molecule has 192 valence electrons. The first-order chi connectivity index (χ1) is 17.1. The number of hydrogen-bond donors (Lipinski definition) is 4. The summed E-state index contributed by atoms with van der Waals surface area (Å²) >= 11 is 0. The maximum atomic E-state index is 13.0. The van der Waals surface area contributed by atoms with E-state index in [4.69, 9.17) is 0 Å². The van der Waals surface area contributed by atoms with Crippen LogP contribution < -0.4 is 5.32 Å². The van der Waals surface area contributed by atoms with Crippen molar-refractivity contribution in [3.8, 4) is 11.1 Å². The summed E-state index contributed by atoms with van der Waals surface area (Å²) < 4.78 is 0. The van der Waals surface area contributed by atoms with Gasteiger partial charge < -0.3 is 15.5 Å². The zero-order valence-corrected chi connectivity index (χ0v) is 21.3. The third-order valence-electron chi connectivity index (χ3n) is 6.23. The van der Waals surface area contributed by atoms with Crippen molar-refractivity contribution in [2.24, 2.45) is 5.41 Å². The van der Waals surface area contributed by atoms with E-state index in [-0.39, 0.29) is 0 Å². The zero-order chi connectivity index (χ0) is 26.3. The summed E-state index contributed by atoms with van der Waals surface area (Å²) in [5.74, 6) is -0.351. The van der Waals surface area contributed by atoms with Crippen LogP contribution in [-0.2, 0) is 4.79 Å². The minimum Gasteiger partial charge on any atom is -0.465 e. The van der Waals surface area contributed by atoms with Gasteiger partial charge in [-0.2, -0.15) is 5.10 Å². The van der Waals surface area contributed by atoms with Crippen molar-refractivity contribution in [1.82, 2.24) is 15.1 Å². The lowest BCUT2D eigenvalue weighted by atomic mass is 9.79. The SMILES string of the molecule is CCCC[C@@H]([C@@H](O)C(=O)Nc1ccn[nH]1)N(C(=O)O)C(c1cccc(-c2ccccc2)c1)C(C)(C)C. The summed E-state index contributed by atoms with van der Waals surface area (Å²) in [6.07, 6.45) is 0.514. The van der Waals surface area contributed by atoms with Crippen LogP contribution in [0, 0.1) is 5.41 Å². The van der Waals surface area contributed by atoms with Gasteiger partial charge in [0.2, 0.25) is 0 Å². The monoisotopic (exact) mass is 492 g/mol. The molecule has 0 fully saturated rings. The lowest BCUT2D eigenvalue weighted by Gasteiger charge is -2.44. The van der Waals surface area contributed by atoms with E-state index in [9.17, 15) is 19.8 Å². The highest BCUT2D eigenvalue weighted by Crippen LogP contribution is 2.41. The topological polar surface area (TPSA) is 119 Å². The van der Waals surface area contributed by atoms with Gasteiger partial charge in [-0.25, -0.2) is 4.79 Å². The molecule has 1 heterocycles. The van der Waals surface area contributed by atoms with Gasteiger partial charge in [0.1, 0.15) is 5.82 Å². The number of aromatic amines is 1. The quantitative estimate of drug-likeness (QED) is 0.289. The van der Waals surface area contributed by atoms with Crippen molar-refractivity contribution < 1.29 is 19.8 Å². The van der Waals surface area contributed by atoms with Crippen LogP contribution in [-0.4, -0.2) is 49.5 Å². The second-order valence-electron chi connectivity index (χ2n) is 10.1. The molecule has 2 aromatic carbocycles. The summed E-state index contributed by atoms with van der Waals surface area (Å²) in [6, 6.07) is 17.7. The Hall–Kier alpha value is -3.65. The first-order valence-electron chi connectivity index (χ1n) is 12.3. The molecule has 1 unspecified atom stereocenters. The molecule has 3 atom stereocenters. The van der Waals surface area contributed by atoms with Crippen molar-refractivity contribution in [1.29, 1.82) is 0 Å². The van der Waals surface area contributed by atoms with Crippen LogP contribution in [0.3, 0.4) is 0 Å². The second kappa shape index (κ2) is 11.9. The number of rotatable bonds is 10. The highest BCUT2D eigenvalue weighted by molar-refractivity contribution is 5.94. The molecule has 8 heteroatoms. The van der Waals surface area contributed by atoms with Crippen molar-refractivity contribution in [3.63, 3.8) is 0 Å². The summed E-state index contributed by atoms with van der Waals surface area (Å²) in [6.45, 7) is 7.90. The van der Waals surface area contributed by atoms with Crippen molar-refractivity contribution >= 4 is 17.8 Å².